The van der Waals surface area contributed by atoms with Crippen molar-refractivity contribution in [1.29, 1.82) is 0 Å². The molecule has 0 spiro atoms. The Morgan fingerprint density at radius 2 is 0.925 bits per heavy atom. The molecule has 2 aliphatic heterocycles. The molecule has 0 aromatic carbocycles. The average Bonchev–Trinajstić information content (AvgIpc) is 2.92. The molecule has 2 aliphatic rings. The predicted octanol–water partition coefficient (Wildman–Crippen LogP) is -2.70. The maximum Gasteiger partial charge on any atom is 0.293 e. The quantitative estimate of drug-likeness (QED) is 0.106. The van der Waals surface area contributed by atoms with E-state index in [4.69, 9.17) is 52.1 Å². The normalized spacial score (nSPS) is 33.4. The molecule has 18 nitrogen and oxygen atoms in total. The molecule has 2 fully saturated rings. The first-order valence-corrected chi connectivity index (χ1v) is 11.6. The van der Waals surface area contributed by atoms with Crippen LogP contribution in [-0.4, -0.2) is 126 Å². The zero-order valence-corrected chi connectivity index (χ0v) is 21.2. The second-order valence-corrected chi connectivity index (χ2v) is 8.22. The van der Waals surface area contributed by atoms with Crippen molar-refractivity contribution in [3.8, 4) is 0 Å². The molecule has 0 aromatic heterocycles. The highest BCUT2D eigenvalue weighted by molar-refractivity contribution is 5.42. The third-order valence-corrected chi connectivity index (χ3v) is 5.60. The zero-order valence-electron chi connectivity index (χ0n) is 21.2. The number of hydrogen-bond acceptors (Lipinski definition) is 18. The molecule has 0 saturated carbocycles. The summed E-state index contributed by atoms with van der Waals surface area (Å²) in [7, 11) is 0. The van der Waals surface area contributed by atoms with E-state index in [2.05, 4.69) is 0 Å². The molecular weight excluding hydrogens is 552 g/mol. The van der Waals surface area contributed by atoms with Crippen molar-refractivity contribution in [3.05, 3.63) is 0 Å². The first-order chi connectivity index (χ1) is 19.4. The van der Waals surface area contributed by atoms with E-state index < -0.39 is 80.7 Å². The van der Waals surface area contributed by atoms with Gasteiger partial charge in [-0.25, -0.2) is 0 Å². The molecule has 10 atom stereocenters. The number of carbonyl (C=O) groups excluding carboxylic acids is 7. The number of carbonyl (C=O) groups is 7. The van der Waals surface area contributed by atoms with Gasteiger partial charge in [0.25, 0.3) is 45.3 Å². The Bertz CT molecular complexity index is 837. The summed E-state index contributed by atoms with van der Waals surface area (Å²) in [4.78, 5) is 78.2. The van der Waals surface area contributed by atoms with Crippen LogP contribution in [0.4, 0.5) is 0 Å². The van der Waals surface area contributed by atoms with E-state index in [9.17, 15) is 33.6 Å². The molecule has 40 heavy (non-hydrogen) atoms. The van der Waals surface area contributed by atoms with E-state index in [1.165, 1.54) is 0 Å². The highest BCUT2D eigenvalue weighted by Crippen LogP contribution is 2.34. The van der Waals surface area contributed by atoms with Crippen molar-refractivity contribution in [2.45, 2.75) is 81.4 Å². The van der Waals surface area contributed by atoms with Gasteiger partial charge >= 0.3 is 0 Å². The van der Waals surface area contributed by atoms with Crippen molar-refractivity contribution in [2.24, 2.45) is 0 Å². The SMILES string of the molecule is CC(C)OC1O[C@H](COC=O)[C@@H](O[C@H]2O[C@H](COC=O)[C@@H](OC=O)[C@H](OC=O)[C@H]2OC=O)[C@H](OC=O)[C@H]1OC=O. The maximum atomic E-state index is 11.4. The molecule has 2 saturated heterocycles. The van der Waals surface area contributed by atoms with Gasteiger partial charge in [-0.05, 0) is 13.8 Å². The average molecular weight is 580 g/mol. The van der Waals surface area contributed by atoms with Crippen LogP contribution in [0, 0.1) is 0 Å². The molecular formula is C22H28O18. The van der Waals surface area contributed by atoms with Crippen molar-refractivity contribution < 1.29 is 85.7 Å². The second-order valence-electron chi connectivity index (χ2n) is 8.22. The molecule has 18 heteroatoms. The van der Waals surface area contributed by atoms with Crippen LogP contribution in [-0.2, 0) is 85.7 Å². The van der Waals surface area contributed by atoms with Crippen molar-refractivity contribution in [1.82, 2.24) is 0 Å². The van der Waals surface area contributed by atoms with Crippen molar-refractivity contribution in [3.63, 3.8) is 0 Å². The molecule has 2 rings (SSSR count). The third-order valence-electron chi connectivity index (χ3n) is 5.60. The van der Waals surface area contributed by atoms with Crippen molar-refractivity contribution >= 4 is 45.3 Å². The molecule has 0 aliphatic carbocycles. The number of rotatable bonds is 20. The van der Waals surface area contributed by atoms with Crippen molar-refractivity contribution in [2.75, 3.05) is 13.2 Å². The first kappa shape index (κ1) is 32.3. The summed E-state index contributed by atoms with van der Waals surface area (Å²) < 4.78 is 57.8. The van der Waals surface area contributed by atoms with E-state index in [-0.39, 0.29) is 45.3 Å². The molecule has 0 radical (unpaired) electrons. The minimum absolute atomic E-state index is 0.00575. The Morgan fingerprint density at radius 3 is 1.40 bits per heavy atom. The van der Waals surface area contributed by atoms with Crippen LogP contribution >= 0.6 is 0 Å². The lowest BCUT2D eigenvalue weighted by atomic mass is 9.96. The lowest BCUT2D eigenvalue weighted by Crippen LogP contribution is -2.66. The predicted molar refractivity (Wildman–Crippen MR) is 117 cm³/mol. The Labute approximate surface area is 226 Å². The molecule has 0 N–H and O–H groups in total. The van der Waals surface area contributed by atoms with Gasteiger partial charge in [0.2, 0.25) is 0 Å². The first-order valence-electron chi connectivity index (χ1n) is 11.6. The summed E-state index contributed by atoms with van der Waals surface area (Å²) in [6.45, 7) is 2.36. The van der Waals surface area contributed by atoms with Crippen LogP contribution in [0.2, 0.25) is 0 Å². The topological polar surface area (TPSA) is 221 Å². The van der Waals surface area contributed by atoms with E-state index in [0.29, 0.717) is 0 Å². The minimum atomic E-state index is -1.73. The van der Waals surface area contributed by atoms with E-state index in [0.717, 1.165) is 0 Å². The van der Waals surface area contributed by atoms with E-state index >= 15 is 0 Å². The zero-order chi connectivity index (χ0) is 29.5. The molecule has 2 heterocycles. The van der Waals surface area contributed by atoms with Gasteiger partial charge in [0.05, 0.1) is 6.10 Å². The van der Waals surface area contributed by atoms with E-state index in [1.54, 1.807) is 13.8 Å². The fraction of sp³-hybridized carbons (Fsp3) is 0.682. The highest BCUT2D eigenvalue weighted by Gasteiger charge is 2.56. The van der Waals surface area contributed by atoms with Crippen LogP contribution in [0.5, 0.6) is 0 Å². The number of ether oxygens (including phenoxy) is 11. The lowest BCUT2D eigenvalue weighted by molar-refractivity contribution is -0.360. The van der Waals surface area contributed by atoms with Crippen LogP contribution in [0.15, 0.2) is 0 Å². The Morgan fingerprint density at radius 1 is 0.525 bits per heavy atom. The summed E-state index contributed by atoms with van der Waals surface area (Å²) in [5, 5.41) is 0. The summed E-state index contributed by atoms with van der Waals surface area (Å²) in [6, 6.07) is 0. The maximum absolute atomic E-state index is 11.4. The summed E-state index contributed by atoms with van der Waals surface area (Å²) in [5.41, 5.74) is 0. The summed E-state index contributed by atoms with van der Waals surface area (Å²) in [6.07, 6.45) is -15.3. The van der Waals surface area contributed by atoms with Gasteiger partial charge in [0, 0.05) is 0 Å². The number of hydrogen-bond donors (Lipinski definition) is 0. The molecule has 0 aromatic rings. The van der Waals surface area contributed by atoms with Gasteiger partial charge in [-0.3, -0.25) is 33.6 Å². The lowest BCUT2D eigenvalue weighted by Gasteiger charge is -2.48. The van der Waals surface area contributed by atoms with Gasteiger partial charge in [-0.1, -0.05) is 0 Å². The molecule has 0 bridgehead atoms. The largest absolute Gasteiger partial charge is 0.465 e. The standard InChI is InChI=1S/C22H28O18/c1-12(2)37-21-20(36-11-29)18(34-9-27)16(14(39-21)4-31-6-24)40-22-19(35-10-28)17(33-8-26)15(32-7-25)13(38-22)3-30-5-23/h5-22H,3-4H2,1-2H3/t13-,14-,15-,16-,17+,18+,19-,20-,21?,22-/m1/s1. The monoisotopic (exact) mass is 580 g/mol. The molecule has 1 unspecified atom stereocenters. The summed E-state index contributed by atoms with van der Waals surface area (Å²) >= 11 is 0. The fourth-order valence-corrected chi connectivity index (χ4v) is 4.18. The fourth-order valence-electron chi connectivity index (χ4n) is 4.18. The van der Waals surface area contributed by atoms with Crippen LogP contribution in [0.3, 0.4) is 0 Å². The van der Waals surface area contributed by atoms with Crippen LogP contribution < -0.4 is 0 Å². The van der Waals surface area contributed by atoms with Gasteiger partial charge < -0.3 is 52.1 Å². The Balaban J connectivity index is 2.53. The smallest absolute Gasteiger partial charge is 0.293 e. The highest BCUT2D eigenvalue weighted by atomic mass is 16.8. The molecule has 0 amide bonds. The van der Waals surface area contributed by atoms with Crippen LogP contribution in [0.25, 0.3) is 0 Å². The van der Waals surface area contributed by atoms with Crippen LogP contribution in [0.1, 0.15) is 13.8 Å². The minimum Gasteiger partial charge on any atom is -0.465 e. The van der Waals surface area contributed by atoms with Gasteiger partial charge in [0.15, 0.2) is 43.1 Å². The molecule has 224 valence electrons. The Hall–Kier alpha value is -3.87. The summed E-state index contributed by atoms with van der Waals surface area (Å²) in [5.74, 6) is 0. The van der Waals surface area contributed by atoms with Gasteiger partial charge in [-0.15, -0.1) is 0 Å². The third kappa shape index (κ3) is 8.31. The Kier molecular flexibility index (Phi) is 13.7. The van der Waals surface area contributed by atoms with Gasteiger partial charge in [-0.2, -0.15) is 0 Å². The second kappa shape index (κ2) is 17.0. The van der Waals surface area contributed by atoms with E-state index in [1.807, 2.05) is 0 Å². The van der Waals surface area contributed by atoms with Gasteiger partial charge in [0.1, 0.15) is 31.5 Å².